The molecule has 0 saturated heterocycles. The molecular weight excluding hydrogens is 308 g/mol. The number of nitrogen functional groups attached to an aromatic ring is 1. The number of nitrogens with zero attached hydrogens (tertiary/aromatic N) is 2. The first-order valence-electron chi connectivity index (χ1n) is 5.99. The number of ether oxygens (including phenoxy) is 1. The molecule has 5 nitrogen and oxygen atoms in total. The Kier molecular flexibility index (Phi) is 4.70. The Morgan fingerprint density at radius 2 is 2.00 bits per heavy atom. The molecule has 6 heteroatoms. The van der Waals surface area contributed by atoms with Crippen LogP contribution in [0.5, 0.6) is 11.6 Å². The molecule has 0 aliphatic heterocycles. The van der Waals surface area contributed by atoms with Crippen LogP contribution in [0.1, 0.15) is 19.2 Å². The van der Waals surface area contributed by atoms with E-state index in [1.165, 1.54) is 0 Å². The normalized spacial score (nSPS) is 10.3. The molecule has 0 spiro atoms. The van der Waals surface area contributed by atoms with E-state index in [2.05, 4.69) is 38.2 Å². The van der Waals surface area contributed by atoms with Crippen molar-refractivity contribution in [2.75, 3.05) is 5.43 Å². The first-order valence-corrected chi connectivity index (χ1v) is 6.78. The van der Waals surface area contributed by atoms with E-state index in [1.54, 1.807) is 6.07 Å². The monoisotopic (exact) mass is 322 g/mol. The lowest BCUT2D eigenvalue weighted by atomic mass is 10.3. The van der Waals surface area contributed by atoms with Crippen LogP contribution >= 0.6 is 15.9 Å². The highest BCUT2D eigenvalue weighted by atomic mass is 79.9. The summed E-state index contributed by atoms with van der Waals surface area (Å²) < 4.78 is 6.69. The lowest BCUT2D eigenvalue weighted by molar-refractivity contribution is 0.458. The molecule has 19 heavy (non-hydrogen) atoms. The zero-order valence-electron chi connectivity index (χ0n) is 10.6. The van der Waals surface area contributed by atoms with Gasteiger partial charge in [0.1, 0.15) is 17.4 Å². The second-order valence-corrected chi connectivity index (χ2v) is 4.87. The summed E-state index contributed by atoms with van der Waals surface area (Å²) >= 11 is 3.38. The van der Waals surface area contributed by atoms with Crippen LogP contribution in [0.15, 0.2) is 34.8 Å². The standard InChI is InChI=1S/C13H15BrN4O/c1-2-3-11-16-12(18-15)8-13(17-11)19-10-6-4-9(14)5-7-10/h4-8H,2-3,15H2,1H3,(H,16,17,18). The van der Waals surface area contributed by atoms with Crippen LogP contribution in [0.3, 0.4) is 0 Å². The maximum atomic E-state index is 5.70. The highest BCUT2D eigenvalue weighted by Crippen LogP contribution is 2.23. The fourth-order valence-corrected chi connectivity index (χ4v) is 1.82. The van der Waals surface area contributed by atoms with Crippen LogP contribution in [0.4, 0.5) is 5.82 Å². The van der Waals surface area contributed by atoms with Crippen molar-refractivity contribution in [1.29, 1.82) is 0 Å². The average Bonchev–Trinajstić information content (AvgIpc) is 2.41. The summed E-state index contributed by atoms with van der Waals surface area (Å²) in [5.41, 5.74) is 2.52. The van der Waals surface area contributed by atoms with Crippen molar-refractivity contribution in [3.05, 3.63) is 40.6 Å². The number of anilines is 1. The predicted octanol–water partition coefficient (Wildman–Crippen LogP) is 3.27. The summed E-state index contributed by atoms with van der Waals surface area (Å²) in [6.45, 7) is 2.07. The summed E-state index contributed by atoms with van der Waals surface area (Å²) in [6, 6.07) is 9.21. The number of aryl methyl sites for hydroxylation is 1. The molecule has 0 atom stereocenters. The van der Waals surface area contributed by atoms with E-state index >= 15 is 0 Å². The van der Waals surface area contributed by atoms with Crippen LogP contribution in [-0.2, 0) is 6.42 Å². The number of nitrogens with two attached hydrogens (primary N) is 1. The van der Waals surface area contributed by atoms with Crippen molar-refractivity contribution in [2.24, 2.45) is 5.84 Å². The molecule has 0 amide bonds. The van der Waals surface area contributed by atoms with Gasteiger partial charge in [-0.3, -0.25) is 0 Å². The largest absolute Gasteiger partial charge is 0.439 e. The van der Waals surface area contributed by atoms with E-state index in [0.717, 1.165) is 17.3 Å². The van der Waals surface area contributed by atoms with Gasteiger partial charge in [-0.15, -0.1) is 0 Å². The molecule has 0 bridgehead atoms. The zero-order valence-corrected chi connectivity index (χ0v) is 12.1. The molecule has 1 aromatic carbocycles. The molecule has 0 aliphatic carbocycles. The number of hydrazine groups is 1. The third-order valence-corrected chi connectivity index (χ3v) is 2.94. The van der Waals surface area contributed by atoms with Crippen LogP contribution < -0.4 is 16.0 Å². The maximum Gasteiger partial charge on any atom is 0.224 e. The summed E-state index contributed by atoms with van der Waals surface area (Å²) in [5, 5.41) is 0. The predicted molar refractivity (Wildman–Crippen MR) is 78.1 cm³/mol. The van der Waals surface area contributed by atoms with Crippen LogP contribution in [0.2, 0.25) is 0 Å². The van der Waals surface area contributed by atoms with Gasteiger partial charge in [0.15, 0.2) is 0 Å². The zero-order chi connectivity index (χ0) is 13.7. The summed E-state index contributed by atoms with van der Waals surface area (Å²) in [7, 11) is 0. The van der Waals surface area contributed by atoms with E-state index in [4.69, 9.17) is 10.6 Å². The van der Waals surface area contributed by atoms with E-state index in [1.807, 2.05) is 24.3 Å². The second-order valence-electron chi connectivity index (χ2n) is 3.96. The summed E-state index contributed by atoms with van der Waals surface area (Å²) in [5.74, 6) is 7.85. The van der Waals surface area contributed by atoms with Gasteiger partial charge in [-0.1, -0.05) is 22.9 Å². The Morgan fingerprint density at radius 3 is 2.63 bits per heavy atom. The molecule has 0 aliphatic rings. The topological polar surface area (TPSA) is 73.1 Å². The van der Waals surface area contributed by atoms with Crippen LogP contribution in [-0.4, -0.2) is 9.97 Å². The van der Waals surface area contributed by atoms with E-state index in [-0.39, 0.29) is 0 Å². The maximum absolute atomic E-state index is 5.70. The van der Waals surface area contributed by atoms with Gasteiger partial charge in [-0.2, -0.15) is 4.98 Å². The molecule has 0 radical (unpaired) electrons. The van der Waals surface area contributed by atoms with Gasteiger partial charge in [0.25, 0.3) is 0 Å². The highest BCUT2D eigenvalue weighted by molar-refractivity contribution is 9.10. The van der Waals surface area contributed by atoms with E-state index in [9.17, 15) is 0 Å². The van der Waals surface area contributed by atoms with Crippen LogP contribution in [0, 0.1) is 0 Å². The quantitative estimate of drug-likeness (QED) is 0.653. The number of aromatic nitrogens is 2. The highest BCUT2D eigenvalue weighted by Gasteiger charge is 2.05. The van der Waals surface area contributed by atoms with Gasteiger partial charge in [0, 0.05) is 17.0 Å². The Hall–Kier alpha value is -1.66. The minimum Gasteiger partial charge on any atom is -0.439 e. The molecule has 1 aromatic heterocycles. The van der Waals surface area contributed by atoms with Crippen molar-refractivity contribution in [3.63, 3.8) is 0 Å². The van der Waals surface area contributed by atoms with Gasteiger partial charge in [-0.25, -0.2) is 10.8 Å². The third-order valence-electron chi connectivity index (χ3n) is 2.41. The lowest BCUT2D eigenvalue weighted by Crippen LogP contribution is -2.10. The van der Waals surface area contributed by atoms with Gasteiger partial charge in [0.05, 0.1) is 0 Å². The minimum atomic E-state index is 0.480. The fourth-order valence-electron chi connectivity index (χ4n) is 1.56. The van der Waals surface area contributed by atoms with Crippen molar-refractivity contribution in [2.45, 2.75) is 19.8 Å². The molecular formula is C13H15BrN4O. The smallest absolute Gasteiger partial charge is 0.224 e. The van der Waals surface area contributed by atoms with Crippen molar-refractivity contribution in [1.82, 2.24) is 9.97 Å². The molecule has 0 saturated carbocycles. The van der Waals surface area contributed by atoms with E-state index < -0.39 is 0 Å². The Labute approximate surface area is 120 Å². The third kappa shape index (κ3) is 3.90. The SMILES string of the molecule is CCCc1nc(NN)cc(Oc2ccc(Br)cc2)n1. The van der Waals surface area contributed by atoms with Crippen molar-refractivity contribution < 1.29 is 4.74 Å². The Morgan fingerprint density at radius 1 is 1.26 bits per heavy atom. The minimum absolute atomic E-state index is 0.480. The molecule has 3 N–H and O–H groups in total. The van der Waals surface area contributed by atoms with E-state index in [0.29, 0.717) is 23.3 Å². The average molecular weight is 323 g/mol. The number of halogens is 1. The molecule has 1 heterocycles. The van der Waals surface area contributed by atoms with Gasteiger partial charge in [0.2, 0.25) is 5.88 Å². The van der Waals surface area contributed by atoms with Gasteiger partial charge >= 0.3 is 0 Å². The van der Waals surface area contributed by atoms with Gasteiger partial charge < -0.3 is 10.2 Å². The first-order chi connectivity index (χ1) is 9.21. The number of rotatable bonds is 5. The first kappa shape index (κ1) is 13.8. The Bertz CT molecular complexity index is 545. The molecule has 100 valence electrons. The van der Waals surface area contributed by atoms with Crippen molar-refractivity contribution >= 4 is 21.7 Å². The van der Waals surface area contributed by atoms with Crippen molar-refractivity contribution in [3.8, 4) is 11.6 Å². The molecule has 2 aromatic rings. The second kappa shape index (κ2) is 6.49. The summed E-state index contributed by atoms with van der Waals surface area (Å²) in [6.07, 6.45) is 1.75. The number of nitrogens with one attached hydrogen (secondary N) is 1. The fraction of sp³-hybridized carbons (Fsp3) is 0.231. The molecule has 0 fully saturated rings. The summed E-state index contributed by atoms with van der Waals surface area (Å²) in [4.78, 5) is 8.61. The molecule has 2 rings (SSSR count). The number of hydrogen-bond donors (Lipinski definition) is 2. The number of hydrogen-bond acceptors (Lipinski definition) is 5. The van der Waals surface area contributed by atoms with Gasteiger partial charge in [-0.05, 0) is 30.7 Å². The lowest BCUT2D eigenvalue weighted by Gasteiger charge is -2.08. The van der Waals surface area contributed by atoms with Crippen LogP contribution in [0.25, 0.3) is 0 Å². The Balaban J connectivity index is 2.23. The molecule has 0 unspecified atom stereocenters. The number of benzene rings is 1.